The molecule has 5 nitrogen and oxygen atoms in total. The molecule has 0 saturated heterocycles. The van der Waals surface area contributed by atoms with Crippen molar-refractivity contribution in [2.45, 2.75) is 6.18 Å². The molecule has 2 heterocycles. The second kappa shape index (κ2) is 6.04. The van der Waals surface area contributed by atoms with Gasteiger partial charge in [0.1, 0.15) is 11.9 Å². The van der Waals surface area contributed by atoms with Crippen LogP contribution in [0.3, 0.4) is 0 Å². The molecule has 0 bridgehead atoms. The Morgan fingerprint density at radius 3 is 2.62 bits per heavy atom. The zero-order valence-corrected chi connectivity index (χ0v) is 12.1. The quantitative estimate of drug-likeness (QED) is 0.791. The van der Waals surface area contributed by atoms with Crippen molar-refractivity contribution in [3.8, 4) is 11.8 Å². The monoisotopic (exact) mass is 329 g/mol. The molecule has 0 atom stereocenters. The Labute approximate surface area is 135 Å². The zero-order valence-electron chi connectivity index (χ0n) is 12.1. The molecule has 1 N–H and O–H groups in total. The van der Waals surface area contributed by atoms with Crippen LogP contribution in [0, 0.1) is 11.3 Å². The van der Waals surface area contributed by atoms with Crippen LogP contribution in [0.1, 0.15) is 11.1 Å². The number of nitrogens with one attached hydrogen (secondary N) is 1. The normalized spacial score (nSPS) is 11.1. The Morgan fingerprint density at radius 2 is 1.96 bits per heavy atom. The van der Waals surface area contributed by atoms with Gasteiger partial charge in [-0.1, -0.05) is 6.07 Å². The molecular formula is C16H10F3N5. The highest BCUT2D eigenvalue weighted by molar-refractivity contribution is 5.55. The summed E-state index contributed by atoms with van der Waals surface area (Å²) in [6.07, 6.45) is 0.0335. The number of rotatable bonds is 3. The van der Waals surface area contributed by atoms with Crippen molar-refractivity contribution in [2.75, 3.05) is 5.32 Å². The molecule has 0 unspecified atom stereocenters. The summed E-state index contributed by atoms with van der Waals surface area (Å²) in [7, 11) is 0. The Morgan fingerprint density at radius 1 is 1.12 bits per heavy atom. The van der Waals surface area contributed by atoms with E-state index in [0.29, 0.717) is 22.8 Å². The maximum absolute atomic E-state index is 12.8. The minimum absolute atomic E-state index is 0.297. The Hall–Kier alpha value is -3.34. The van der Waals surface area contributed by atoms with Crippen molar-refractivity contribution < 1.29 is 13.2 Å². The van der Waals surface area contributed by atoms with Crippen molar-refractivity contribution in [3.63, 3.8) is 0 Å². The minimum Gasteiger partial charge on any atom is -0.338 e. The predicted molar refractivity (Wildman–Crippen MR) is 80.8 cm³/mol. The summed E-state index contributed by atoms with van der Waals surface area (Å²) < 4.78 is 39.6. The van der Waals surface area contributed by atoms with Crippen molar-refractivity contribution in [3.05, 3.63) is 66.1 Å². The number of pyridine rings is 1. The molecule has 0 saturated carbocycles. The lowest BCUT2D eigenvalue weighted by Crippen LogP contribution is -2.06. The van der Waals surface area contributed by atoms with E-state index in [9.17, 15) is 13.2 Å². The SMILES string of the molecule is N#Cc1ccc(Nc2cnn(-c3cccc(C(F)(F)F)c3)c2)nc1. The fourth-order valence-corrected chi connectivity index (χ4v) is 2.04. The van der Waals surface area contributed by atoms with Gasteiger partial charge in [-0.25, -0.2) is 9.67 Å². The molecule has 3 aromatic rings. The summed E-state index contributed by atoms with van der Waals surface area (Å²) >= 11 is 0. The first-order valence-electron chi connectivity index (χ1n) is 6.81. The Kier molecular flexibility index (Phi) is 3.92. The molecule has 0 aliphatic heterocycles. The van der Waals surface area contributed by atoms with Gasteiger partial charge in [0.2, 0.25) is 0 Å². The first-order valence-corrected chi connectivity index (χ1v) is 6.81. The average Bonchev–Trinajstić information content (AvgIpc) is 3.03. The van der Waals surface area contributed by atoms with E-state index in [-0.39, 0.29) is 0 Å². The highest BCUT2D eigenvalue weighted by Gasteiger charge is 2.30. The van der Waals surface area contributed by atoms with Gasteiger partial charge in [0.25, 0.3) is 0 Å². The van der Waals surface area contributed by atoms with E-state index in [2.05, 4.69) is 15.4 Å². The smallest absolute Gasteiger partial charge is 0.338 e. The van der Waals surface area contributed by atoms with Gasteiger partial charge in [0, 0.05) is 6.20 Å². The van der Waals surface area contributed by atoms with Gasteiger partial charge in [0.15, 0.2) is 0 Å². The van der Waals surface area contributed by atoms with Crippen LogP contribution in [0.15, 0.2) is 55.0 Å². The lowest BCUT2D eigenvalue weighted by atomic mass is 10.2. The summed E-state index contributed by atoms with van der Waals surface area (Å²) in [5.41, 5.74) is 0.550. The maximum Gasteiger partial charge on any atom is 0.416 e. The fraction of sp³-hybridized carbons (Fsp3) is 0.0625. The summed E-state index contributed by atoms with van der Waals surface area (Å²) in [6, 6.07) is 10.1. The highest BCUT2D eigenvalue weighted by atomic mass is 19.4. The van der Waals surface area contributed by atoms with E-state index in [1.54, 1.807) is 18.3 Å². The molecule has 0 aliphatic carbocycles. The van der Waals surface area contributed by atoms with Crippen LogP contribution in [0.25, 0.3) is 5.69 Å². The predicted octanol–water partition coefficient (Wildman–Crippen LogP) is 3.90. The molecule has 120 valence electrons. The molecule has 0 amide bonds. The number of aromatic nitrogens is 3. The van der Waals surface area contributed by atoms with E-state index < -0.39 is 11.7 Å². The van der Waals surface area contributed by atoms with E-state index in [1.807, 2.05) is 6.07 Å². The number of hydrogen-bond acceptors (Lipinski definition) is 4. The third-order valence-electron chi connectivity index (χ3n) is 3.19. The van der Waals surface area contributed by atoms with Gasteiger partial charge in [-0.3, -0.25) is 0 Å². The maximum atomic E-state index is 12.8. The van der Waals surface area contributed by atoms with Crippen molar-refractivity contribution >= 4 is 11.5 Å². The van der Waals surface area contributed by atoms with Crippen molar-refractivity contribution in [1.82, 2.24) is 14.8 Å². The van der Waals surface area contributed by atoms with Gasteiger partial charge in [0.05, 0.1) is 34.9 Å². The molecule has 0 radical (unpaired) electrons. The third-order valence-corrected chi connectivity index (χ3v) is 3.19. The third kappa shape index (κ3) is 3.35. The van der Waals surface area contributed by atoms with Gasteiger partial charge >= 0.3 is 6.18 Å². The zero-order chi connectivity index (χ0) is 17.2. The van der Waals surface area contributed by atoms with E-state index in [4.69, 9.17) is 5.26 Å². The molecule has 1 aromatic carbocycles. The van der Waals surface area contributed by atoms with Crippen LogP contribution < -0.4 is 5.32 Å². The fourth-order valence-electron chi connectivity index (χ4n) is 2.04. The van der Waals surface area contributed by atoms with Crippen molar-refractivity contribution in [1.29, 1.82) is 5.26 Å². The van der Waals surface area contributed by atoms with Crippen LogP contribution in [0.5, 0.6) is 0 Å². The molecule has 2 aromatic heterocycles. The largest absolute Gasteiger partial charge is 0.416 e. The van der Waals surface area contributed by atoms with Crippen LogP contribution in [0.2, 0.25) is 0 Å². The number of benzene rings is 1. The molecule has 24 heavy (non-hydrogen) atoms. The molecule has 0 aliphatic rings. The summed E-state index contributed by atoms with van der Waals surface area (Å²) in [4.78, 5) is 4.05. The molecular weight excluding hydrogens is 319 g/mol. The first-order chi connectivity index (χ1) is 11.5. The van der Waals surface area contributed by atoms with Crippen LogP contribution >= 0.6 is 0 Å². The lowest BCUT2D eigenvalue weighted by molar-refractivity contribution is -0.137. The second-order valence-electron chi connectivity index (χ2n) is 4.89. The molecule has 3 rings (SSSR count). The lowest BCUT2D eigenvalue weighted by Gasteiger charge is -2.08. The van der Waals surface area contributed by atoms with Gasteiger partial charge in [-0.2, -0.15) is 23.5 Å². The Balaban J connectivity index is 1.81. The number of nitrogens with zero attached hydrogens (tertiary/aromatic N) is 4. The highest BCUT2D eigenvalue weighted by Crippen LogP contribution is 2.30. The second-order valence-corrected chi connectivity index (χ2v) is 4.89. The number of halogens is 3. The number of hydrogen-bond donors (Lipinski definition) is 1. The number of alkyl halides is 3. The first kappa shape index (κ1) is 15.6. The minimum atomic E-state index is -4.41. The average molecular weight is 329 g/mol. The number of anilines is 2. The molecule has 0 spiro atoms. The van der Waals surface area contributed by atoms with Gasteiger partial charge < -0.3 is 5.32 Å². The molecule has 0 fully saturated rings. The van der Waals surface area contributed by atoms with E-state index in [0.717, 1.165) is 12.1 Å². The molecule has 8 heteroatoms. The summed E-state index contributed by atoms with van der Waals surface area (Å²) in [6.45, 7) is 0. The Bertz CT molecular complexity index is 891. The van der Waals surface area contributed by atoms with Crippen LogP contribution in [-0.2, 0) is 6.18 Å². The summed E-state index contributed by atoms with van der Waals surface area (Å²) in [5.74, 6) is 0.498. The van der Waals surface area contributed by atoms with E-state index in [1.165, 1.54) is 29.2 Å². The summed E-state index contributed by atoms with van der Waals surface area (Å²) in [5, 5.41) is 15.7. The van der Waals surface area contributed by atoms with Crippen molar-refractivity contribution in [2.24, 2.45) is 0 Å². The van der Waals surface area contributed by atoms with Crippen LogP contribution in [0.4, 0.5) is 24.7 Å². The number of nitriles is 1. The van der Waals surface area contributed by atoms with E-state index >= 15 is 0 Å². The van der Waals surface area contributed by atoms with Crippen LogP contribution in [-0.4, -0.2) is 14.8 Å². The van der Waals surface area contributed by atoms with Gasteiger partial charge in [-0.15, -0.1) is 0 Å². The van der Waals surface area contributed by atoms with Gasteiger partial charge in [-0.05, 0) is 30.3 Å². The standard InChI is InChI=1S/C16H10F3N5/c17-16(18,19)12-2-1-3-14(6-12)24-10-13(9-22-24)23-15-5-4-11(7-20)8-21-15/h1-6,8-10H,(H,21,23). The topological polar surface area (TPSA) is 66.5 Å².